The first-order chi connectivity index (χ1) is 10.1. The Labute approximate surface area is 128 Å². The standard InChI is InChI=1S/C17H17ClFNO/c1-11-3-2-4-16(17(11)19)21-15-8-5-13(18)9-12(15)10-20-14-6-7-14/h2-5,8-9,14,20H,6-7,10H2,1H3. The molecular weight excluding hydrogens is 289 g/mol. The number of hydrogen-bond donors (Lipinski definition) is 1. The first kappa shape index (κ1) is 14.4. The van der Waals surface area contributed by atoms with Crippen molar-refractivity contribution in [1.29, 1.82) is 0 Å². The molecule has 0 atom stereocenters. The third-order valence-electron chi connectivity index (χ3n) is 3.56. The van der Waals surface area contributed by atoms with Gasteiger partial charge in [0.25, 0.3) is 0 Å². The Balaban J connectivity index is 1.84. The van der Waals surface area contributed by atoms with Crippen LogP contribution in [0.4, 0.5) is 4.39 Å². The molecule has 1 saturated carbocycles. The summed E-state index contributed by atoms with van der Waals surface area (Å²) in [4.78, 5) is 0. The second-order valence-corrected chi connectivity index (χ2v) is 5.83. The number of nitrogens with one attached hydrogen (secondary N) is 1. The van der Waals surface area contributed by atoms with Gasteiger partial charge in [0.15, 0.2) is 11.6 Å². The summed E-state index contributed by atoms with van der Waals surface area (Å²) in [6.45, 7) is 2.40. The molecule has 0 bridgehead atoms. The Hall–Kier alpha value is -1.58. The quantitative estimate of drug-likeness (QED) is 0.854. The average Bonchev–Trinajstić information content (AvgIpc) is 3.28. The van der Waals surface area contributed by atoms with Gasteiger partial charge in [-0.05, 0) is 49.6 Å². The number of rotatable bonds is 5. The molecule has 1 aliphatic rings. The fraction of sp³-hybridized carbons (Fsp3) is 0.294. The lowest BCUT2D eigenvalue weighted by molar-refractivity contribution is 0.433. The predicted molar refractivity (Wildman–Crippen MR) is 82.5 cm³/mol. The van der Waals surface area contributed by atoms with Crippen molar-refractivity contribution in [1.82, 2.24) is 5.32 Å². The molecule has 2 aromatic rings. The van der Waals surface area contributed by atoms with Gasteiger partial charge in [-0.2, -0.15) is 0 Å². The molecule has 0 radical (unpaired) electrons. The summed E-state index contributed by atoms with van der Waals surface area (Å²) < 4.78 is 19.8. The highest BCUT2D eigenvalue weighted by Crippen LogP contribution is 2.31. The van der Waals surface area contributed by atoms with E-state index in [-0.39, 0.29) is 11.6 Å². The molecule has 1 aliphatic carbocycles. The second kappa shape index (κ2) is 6.04. The minimum atomic E-state index is -0.325. The van der Waals surface area contributed by atoms with Crippen molar-refractivity contribution in [3.63, 3.8) is 0 Å². The first-order valence-corrected chi connectivity index (χ1v) is 7.46. The van der Waals surface area contributed by atoms with Crippen LogP contribution in [0.5, 0.6) is 11.5 Å². The predicted octanol–water partition coefficient (Wildman–Crippen LogP) is 4.83. The summed E-state index contributed by atoms with van der Waals surface area (Å²) >= 11 is 6.05. The molecule has 2 nitrogen and oxygen atoms in total. The number of benzene rings is 2. The van der Waals surface area contributed by atoms with Gasteiger partial charge in [-0.25, -0.2) is 4.39 Å². The molecule has 2 aromatic carbocycles. The SMILES string of the molecule is Cc1cccc(Oc2ccc(Cl)cc2CNC2CC2)c1F. The van der Waals surface area contributed by atoms with Gasteiger partial charge in [-0.15, -0.1) is 0 Å². The van der Waals surface area contributed by atoms with Crippen molar-refractivity contribution in [2.24, 2.45) is 0 Å². The van der Waals surface area contributed by atoms with E-state index >= 15 is 0 Å². The maximum Gasteiger partial charge on any atom is 0.168 e. The molecule has 0 unspecified atom stereocenters. The summed E-state index contributed by atoms with van der Waals surface area (Å²) in [5.74, 6) is 0.551. The van der Waals surface area contributed by atoms with E-state index in [0.29, 0.717) is 28.9 Å². The van der Waals surface area contributed by atoms with E-state index < -0.39 is 0 Å². The maximum atomic E-state index is 14.1. The minimum absolute atomic E-state index is 0.241. The van der Waals surface area contributed by atoms with Gasteiger partial charge >= 0.3 is 0 Å². The summed E-state index contributed by atoms with van der Waals surface area (Å²) in [6.07, 6.45) is 2.42. The summed E-state index contributed by atoms with van der Waals surface area (Å²) in [6, 6.07) is 11.1. The van der Waals surface area contributed by atoms with E-state index in [0.717, 1.165) is 5.56 Å². The average molecular weight is 306 g/mol. The zero-order valence-electron chi connectivity index (χ0n) is 11.8. The van der Waals surface area contributed by atoms with Crippen LogP contribution in [0.15, 0.2) is 36.4 Å². The Morgan fingerprint density at radius 1 is 1.24 bits per heavy atom. The lowest BCUT2D eigenvalue weighted by atomic mass is 10.2. The van der Waals surface area contributed by atoms with Crippen LogP contribution >= 0.6 is 11.6 Å². The zero-order valence-corrected chi connectivity index (χ0v) is 12.6. The van der Waals surface area contributed by atoms with Gasteiger partial charge in [0.1, 0.15) is 5.75 Å². The van der Waals surface area contributed by atoms with Crippen LogP contribution in [0.1, 0.15) is 24.0 Å². The molecule has 0 spiro atoms. The molecule has 0 aromatic heterocycles. The van der Waals surface area contributed by atoms with Gasteiger partial charge < -0.3 is 10.1 Å². The van der Waals surface area contributed by atoms with Crippen molar-refractivity contribution < 1.29 is 9.13 Å². The van der Waals surface area contributed by atoms with Crippen molar-refractivity contribution in [3.05, 3.63) is 58.4 Å². The molecule has 0 heterocycles. The lowest BCUT2D eigenvalue weighted by Gasteiger charge is -2.13. The van der Waals surface area contributed by atoms with Crippen LogP contribution in [0, 0.1) is 12.7 Å². The fourth-order valence-electron chi connectivity index (χ4n) is 2.15. The van der Waals surface area contributed by atoms with Gasteiger partial charge in [-0.1, -0.05) is 23.7 Å². The van der Waals surface area contributed by atoms with Gasteiger partial charge in [0.2, 0.25) is 0 Å². The summed E-state index contributed by atoms with van der Waals surface area (Å²) in [7, 11) is 0. The number of hydrogen-bond acceptors (Lipinski definition) is 2. The van der Waals surface area contributed by atoms with Crippen LogP contribution < -0.4 is 10.1 Å². The van der Waals surface area contributed by atoms with Gasteiger partial charge in [-0.3, -0.25) is 0 Å². The van der Waals surface area contributed by atoms with Crippen LogP contribution in [-0.2, 0) is 6.54 Å². The van der Waals surface area contributed by atoms with E-state index in [9.17, 15) is 4.39 Å². The van der Waals surface area contributed by atoms with E-state index in [1.165, 1.54) is 12.8 Å². The van der Waals surface area contributed by atoms with E-state index in [4.69, 9.17) is 16.3 Å². The van der Waals surface area contributed by atoms with Crippen LogP contribution in [-0.4, -0.2) is 6.04 Å². The zero-order chi connectivity index (χ0) is 14.8. The Kier molecular flexibility index (Phi) is 4.13. The molecule has 1 N–H and O–H groups in total. The summed E-state index contributed by atoms with van der Waals surface area (Å²) in [5, 5.41) is 4.07. The molecule has 110 valence electrons. The maximum absolute atomic E-state index is 14.1. The third-order valence-corrected chi connectivity index (χ3v) is 3.79. The normalized spacial score (nSPS) is 14.2. The Morgan fingerprint density at radius 3 is 2.81 bits per heavy atom. The summed E-state index contributed by atoms with van der Waals surface area (Å²) in [5.41, 5.74) is 1.51. The highest BCUT2D eigenvalue weighted by molar-refractivity contribution is 6.30. The molecule has 0 amide bonds. The van der Waals surface area contributed by atoms with Crippen molar-refractivity contribution in [3.8, 4) is 11.5 Å². The molecule has 1 fully saturated rings. The van der Waals surface area contributed by atoms with Gasteiger partial charge in [0.05, 0.1) is 0 Å². The van der Waals surface area contributed by atoms with Crippen molar-refractivity contribution in [2.75, 3.05) is 0 Å². The fourth-order valence-corrected chi connectivity index (χ4v) is 2.34. The van der Waals surface area contributed by atoms with Crippen molar-refractivity contribution in [2.45, 2.75) is 32.4 Å². The monoisotopic (exact) mass is 305 g/mol. The Morgan fingerprint density at radius 2 is 2.05 bits per heavy atom. The number of ether oxygens (including phenoxy) is 1. The molecular formula is C17H17ClFNO. The molecule has 0 saturated heterocycles. The smallest absolute Gasteiger partial charge is 0.168 e. The van der Waals surface area contributed by atoms with E-state index in [1.54, 1.807) is 37.3 Å². The largest absolute Gasteiger partial charge is 0.454 e. The topological polar surface area (TPSA) is 21.3 Å². The molecule has 3 rings (SSSR count). The Bertz CT molecular complexity index is 655. The molecule has 21 heavy (non-hydrogen) atoms. The molecule has 0 aliphatic heterocycles. The number of aryl methyl sites for hydroxylation is 1. The second-order valence-electron chi connectivity index (χ2n) is 5.40. The first-order valence-electron chi connectivity index (χ1n) is 7.08. The van der Waals surface area contributed by atoms with Gasteiger partial charge in [0, 0.05) is 23.2 Å². The van der Waals surface area contributed by atoms with E-state index in [1.807, 2.05) is 6.07 Å². The minimum Gasteiger partial charge on any atom is -0.454 e. The number of halogens is 2. The van der Waals surface area contributed by atoms with Crippen LogP contribution in [0.25, 0.3) is 0 Å². The third kappa shape index (κ3) is 3.55. The highest BCUT2D eigenvalue weighted by atomic mass is 35.5. The van der Waals surface area contributed by atoms with Crippen LogP contribution in [0.3, 0.4) is 0 Å². The lowest BCUT2D eigenvalue weighted by Crippen LogP contribution is -2.15. The molecule has 4 heteroatoms. The highest BCUT2D eigenvalue weighted by Gasteiger charge is 2.21. The van der Waals surface area contributed by atoms with Crippen LogP contribution in [0.2, 0.25) is 5.02 Å². The van der Waals surface area contributed by atoms with E-state index in [2.05, 4.69) is 5.32 Å². The van der Waals surface area contributed by atoms with Crippen molar-refractivity contribution >= 4 is 11.6 Å².